The Morgan fingerprint density at radius 2 is 2.12 bits per heavy atom. The zero-order valence-corrected chi connectivity index (χ0v) is 15.8. The van der Waals surface area contributed by atoms with Crippen LogP contribution in [0.1, 0.15) is 63.5 Å². The zero-order chi connectivity index (χ0) is 18.5. The molecular weight excluding hydrogens is 332 g/mol. The van der Waals surface area contributed by atoms with Gasteiger partial charge in [-0.1, -0.05) is 25.9 Å². The van der Waals surface area contributed by atoms with Gasteiger partial charge in [0.25, 0.3) is 0 Å². The van der Waals surface area contributed by atoms with Gasteiger partial charge in [-0.05, 0) is 18.9 Å². The molecule has 1 saturated heterocycles. The number of aromatic nitrogens is 4. The Morgan fingerprint density at radius 3 is 2.69 bits per heavy atom. The molecule has 140 valence electrons. The first kappa shape index (κ1) is 17.2. The second kappa shape index (κ2) is 6.19. The maximum atomic E-state index is 12.6. The Kier molecular flexibility index (Phi) is 4.10. The van der Waals surface area contributed by atoms with Crippen LogP contribution in [-0.4, -0.2) is 42.8 Å². The minimum Gasteiger partial charge on any atom is -0.339 e. The van der Waals surface area contributed by atoms with Crippen molar-refractivity contribution in [3.05, 3.63) is 29.7 Å². The molecule has 1 aliphatic heterocycles. The van der Waals surface area contributed by atoms with E-state index in [1.807, 2.05) is 43.5 Å². The molecule has 0 bridgehead atoms. The predicted octanol–water partition coefficient (Wildman–Crippen LogP) is 1.69. The molecule has 0 radical (unpaired) electrons. The van der Waals surface area contributed by atoms with Gasteiger partial charge in [0.05, 0.1) is 18.3 Å². The van der Waals surface area contributed by atoms with Crippen LogP contribution in [0.25, 0.3) is 0 Å². The minimum atomic E-state index is -0.172. The molecule has 1 N–H and O–H groups in total. The van der Waals surface area contributed by atoms with E-state index in [2.05, 4.69) is 20.6 Å². The second-order valence-electron chi connectivity index (χ2n) is 8.31. The van der Waals surface area contributed by atoms with Crippen LogP contribution in [0, 0.1) is 0 Å². The van der Waals surface area contributed by atoms with Gasteiger partial charge in [-0.3, -0.25) is 9.48 Å². The van der Waals surface area contributed by atoms with E-state index in [0.29, 0.717) is 30.7 Å². The van der Waals surface area contributed by atoms with Gasteiger partial charge in [0.2, 0.25) is 11.8 Å². The van der Waals surface area contributed by atoms with E-state index in [1.54, 1.807) is 6.20 Å². The van der Waals surface area contributed by atoms with Crippen LogP contribution in [0.15, 0.2) is 16.8 Å². The molecule has 0 aromatic carbocycles. The Bertz CT molecular complexity index is 801. The minimum absolute atomic E-state index is 0.00325. The number of nitrogens with one attached hydrogen (secondary N) is 1. The molecule has 26 heavy (non-hydrogen) atoms. The molecule has 8 nitrogen and oxygen atoms in total. The van der Waals surface area contributed by atoms with Crippen LogP contribution in [0.3, 0.4) is 0 Å². The summed E-state index contributed by atoms with van der Waals surface area (Å²) in [6.07, 6.45) is 4.45. The highest BCUT2D eigenvalue weighted by Crippen LogP contribution is 2.41. The molecule has 1 aliphatic carbocycles. The Labute approximate surface area is 152 Å². The SMILES string of the molecule is Cn1nccc1[C@H]1[C@H](NCc2noc(C(C)(C)C)n2)CC(=O)N1C1CC1. The van der Waals surface area contributed by atoms with E-state index in [-0.39, 0.29) is 23.4 Å². The van der Waals surface area contributed by atoms with Crippen molar-refractivity contribution in [3.63, 3.8) is 0 Å². The number of carbonyl (C=O) groups is 1. The van der Waals surface area contributed by atoms with Crippen molar-refractivity contribution in [1.29, 1.82) is 0 Å². The van der Waals surface area contributed by atoms with Crippen LogP contribution in [-0.2, 0) is 23.8 Å². The van der Waals surface area contributed by atoms with Gasteiger partial charge in [0.1, 0.15) is 0 Å². The fourth-order valence-corrected chi connectivity index (χ4v) is 3.60. The van der Waals surface area contributed by atoms with Crippen molar-refractivity contribution < 1.29 is 9.32 Å². The van der Waals surface area contributed by atoms with Gasteiger partial charge in [0, 0.05) is 37.2 Å². The highest BCUT2D eigenvalue weighted by atomic mass is 16.5. The summed E-state index contributed by atoms with van der Waals surface area (Å²) in [7, 11) is 1.93. The standard InChI is InChI=1S/C18H26N6O2/c1-18(2,3)17-21-14(22-26-17)10-19-12-9-15(25)24(11-5-6-11)16(12)13-7-8-20-23(13)4/h7-8,11-12,16,19H,5-6,9-10H2,1-4H3/t12-,16-/m1/s1. The van der Waals surface area contributed by atoms with Crippen molar-refractivity contribution >= 4 is 5.91 Å². The summed E-state index contributed by atoms with van der Waals surface area (Å²) in [5.74, 6) is 1.45. The first-order valence-electron chi connectivity index (χ1n) is 9.20. The Morgan fingerprint density at radius 1 is 1.35 bits per heavy atom. The number of carbonyl (C=O) groups excluding carboxylic acids is 1. The summed E-state index contributed by atoms with van der Waals surface area (Å²) in [5, 5.41) is 11.8. The monoisotopic (exact) mass is 358 g/mol. The number of aryl methyl sites for hydroxylation is 1. The molecule has 0 spiro atoms. The van der Waals surface area contributed by atoms with Gasteiger partial charge < -0.3 is 14.7 Å². The van der Waals surface area contributed by atoms with Gasteiger partial charge in [-0.15, -0.1) is 0 Å². The van der Waals surface area contributed by atoms with Crippen molar-refractivity contribution in [1.82, 2.24) is 30.1 Å². The summed E-state index contributed by atoms with van der Waals surface area (Å²) in [6.45, 7) is 6.60. The normalized spacial score (nSPS) is 23.8. The number of rotatable bonds is 5. The van der Waals surface area contributed by atoms with Gasteiger partial charge in [-0.2, -0.15) is 10.1 Å². The van der Waals surface area contributed by atoms with Crippen molar-refractivity contribution in [2.24, 2.45) is 7.05 Å². The number of hydrogen-bond donors (Lipinski definition) is 1. The first-order chi connectivity index (χ1) is 12.3. The lowest BCUT2D eigenvalue weighted by atomic mass is 9.97. The maximum Gasteiger partial charge on any atom is 0.232 e. The van der Waals surface area contributed by atoms with E-state index < -0.39 is 0 Å². The summed E-state index contributed by atoms with van der Waals surface area (Å²) in [6, 6.07) is 2.37. The van der Waals surface area contributed by atoms with E-state index in [1.165, 1.54) is 0 Å². The molecule has 2 aromatic heterocycles. The molecule has 4 rings (SSSR count). The highest BCUT2D eigenvalue weighted by molar-refractivity contribution is 5.81. The molecule has 2 atom stereocenters. The number of amides is 1. The van der Waals surface area contributed by atoms with Crippen molar-refractivity contribution in [2.45, 2.75) is 70.1 Å². The molecule has 2 aromatic rings. The summed E-state index contributed by atoms with van der Waals surface area (Å²) >= 11 is 0. The fraction of sp³-hybridized carbons (Fsp3) is 0.667. The highest BCUT2D eigenvalue weighted by Gasteiger charge is 2.48. The molecular formula is C18H26N6O2. The third-order valence-corrected chi connectivity index (χ3v) is 5.10. The van der Waals surface area contributed by atoms with E-state index >= 15 is 0 Å². The number of nitrogens with zero attached hydrogens (tertiary/aromatic N) is 5. The molecule has 2 aliphatic rings. The van der Waals surface area contributed by atoms with E-state index in [4.69, 9.17) is 4.52 Å². The Balaban J connectivity index is 1.52. The lowest BCUT2D eigenvalue weighted by molar-refractivity contribution is -0.129. The summed E-state index contributed by atoms with van der Waals surface area (Å²) in [5.41, 5.74) is 0.887. The summed E-state index contributed by atoms with van der Waals surface area (Å²) < 4.78 is 7.22. The average molecular weight is 358 g/mol. The number of hydrogen-bond acceptors (Lipinski definition) is 6. The van der Waals surface area contributed by atoms with E-state index in [0.717, 1.165) is 18.5 Å². The predicted molar refractivity (Wildman–Crippen MR) is 94.1 cm³/mol. The molecule has 0 unspecified atom stereocenters. The molecule has 3 heterocycles. The molecule has 1 amide bonds. The lowest BCUT2D eigenvalue weighted by Crippen LogP contribution is -2.38. The van der Waals surface area contributed by atoms with E-state index in [9.17, 15) is 4.79 Å². The molecule has 2 fully saturated rings. The topological polar surface area (TPSA) is 89.1 Å². The second-order valence-corrected chi connectivity index (χ2v) is 8.31. The van der Waals surface area contributed by atoms with Gasteiger partial charge in [0.15, 0.2) is 5.82 Å². The third kappa shape index (κ3) is 3.13. The molecule has 8 heteroatoms. The largest absolute Gasteiger partial charge is 0.339 e. The van der Waals surface area contributed by atoms with Crippen LogP contribution < -0.4 is 5.32 Å². The zero-order valence-electron chi connectivity index (χ0n) is 15.8. The fourth-order valence-electron chi connectivity index (χ4n) is 3.60. The molecule has 1 saturated carbocycles. The smallest absolute Gasteiger partial charge is 0.232 e. The van der Waals surface area contributed by atoms with Crippen LogP contribution in [0.4, 0.5) is 0 Å². The van der Waals surface area contributed by atoms with Crippen LogP contribution in [0.5, 0.6) is 0 Å². The van der Waals surface area contributed by atoms with Crippen LogP contribution >= 0.6 is 0 Å². The van der Waals surface area contributed by atoms with Gasteiger partial charge in [-0.25, -0.2) is 0 Å². The average Bonchev–Trinajstić information content (AvgIpc) is 2.99. The quantitative estimate of drug-likeness (QED) is 0.875. The van der Waals surface area contributed by atoms with Crippen molar-refractivity contribution in [2.75, 3.05) is 0 Å². The Hall–Kier alpha value is -2.22. The van der Waals surface area contributed by atoms with Crippen molar-refractivity contribution in [3.8, 4) is 0 Å². The number of likely N-dealkylation sites (tertiary alicyclic amines) is 1. The maximum absolute atomic E-state index is 12.6. The first-order valence-corrected chi connectivity index (χ1v) is 9.20. The third-order valence-electron chi connectivity index (χ3n) is 5.10. The summed E-state index contributed by atoms with van der Waals surface area (Å²) in [4.78, 5) is 19.2. The van der Waals surface area contributed by atoms with Gasteiger partial charge >= 0.3 is 0 Å². The van der Waals surface area contributed by atoms with Crippen LogP contribution in [0.2, 0.25) is 0 Å². The lowest BCUT2D eigenvalue weighted by Gasteiger charge is -2.28.